The van der Waals surface area contributed by atoms with Crippen LogP contribution in [-0.4, -0.2) is 34.3 Å². The second kappa shape index (κ2) is 7.18. The number of benzene rings is 1. The zero-order valence-electron chi connectivity index (χ0n) is 11.2. The molecular formula is C14H18N2O4. The third kappa shape index (κ3) is 5.01. The van der Waals surface area contributed by atoms with Crippen LogP contribution < -0.4 is 10.6 Å². The zero-order chi connectivity index (χ0) is 15.1. The number of hydrogen-bond acceptors (Lipinski definition) is 3. The maximum atomic E-state index is 11.6. The molecule has 108 valence electrons. The number of carboxylic acids is 1. The number of carbonyl (C=O) groups excluding carboxylic acids is 1. The third-order valence-corrected chi connectivity index (χ3v) is 2.69. The number of rotatable bonds is 6. The standard InChI is InChI=1S/C14H18N2O4/c1-3-9(2)15-14(20)16-12(13(18)19)8-10-4-6-11(17)7-5-10/h3-7,9,12,17H,1,8H2,2H3,(H,18,19)(H2,15,16,20)/t9?,12-/m1/s1. The van der Waals surface area contributed by atoms with Crippen molar-refractivity contribution in [2.45, 2.75) is 25.4 Å². The van der Waals surface area contributed by atoms with Crippen molar-refractivity contribution in [2.24, 2.45) is 0 Å². The van der Waals surface area contributed by atoms with E-state index in [0.29, 0.717) is 5.56 Å². The number of phenolic OH excluding ortho intramolecular Hbond substituents is 1. The Balaban J connectivity index is 2.65. The normalized spacial score (nSPS) is 13.1. The van der Waals surface area contributed by atoms with E-state index < -0.39 is 18.0 Å². The summed E-state index contributed by atoms with van der Waals surface area (Å²) in [6.07, 6.45) is 1.67. The van der Waals surface area contributed by atoms with Gasteiger partial charge in [-0.15, -0.1) is 6.58 Å². The molecule has 0 aliphatic heterocycles. The Morgan fingerprint density at radius 3 is 2.40 bits per heavy atom. The highest BCUT2D eigenvalue weighted by molar-refractivity contribution is 5.83. The summed E-state index contributed by atoms with van der Waals surface area (Å²) in [4.78, 5) is 22.7. The minimum absolute atomic E-state index is 0.103. The minimum Gasteiger partial charge on any atom is -0.508 e. The number of aromatic hydroxyl groups is 1. The van der Waals surface area contributed by atoms with Crippen molar-refractivity contribution in [3.8, 4) is 5.75 Å². The van der Waals surface area contributed by atoms with Crippen molar-refractivity contribution in [3.63, 3.8) is 0 Å². The van der Waals surface area contributed by atoms with Gasteiger partial charge in [-0.2, -0.15) is 0 Å². The van der Waals surface area contributed by atoms with Crippen LogP contribution in [0, 0.1) is 0 Å². The quantitative estimate of drug-likeness (QED) is 0.589. The minimum atomic E-state index is -1.13. The lowest BCUT2D eigenvalue weighted by Crippen LogP contribution is -2.48. The first-order valence-corrected chi connectivity index (χ1v) is 6.12. The van der Waals surface area contributed by atoms with Crippen molar-refractivity contribution < 1.29 is 19.8 Å². The summed E-state index contributed by atoms with van der Waals surface area (Å²) in [7, 11) is 0. The Labute approximate surface area is 117 Å². The zero-order valence-corrected chi connectivity index (χ0v) is 11.2. The van der Waals surface area contributed by atoms with Gasteiger partial charge in [-0.3, -0.25) is 0 Å². The summed E-state index contributed by atoms with van der Waals surface area (Å²) in [5, 5.41) is 23.2. The second-order valence-corrected chi connectivity index (χ2v) is 4.40. The molecule has 4 N–H and O–H groups in total. The van der Waals surface area contributed by atoms with Gasteiger partial charge in [0, 0.05) is 12.5 Å². The fourth-order valence-electron chi connectivity index (χ4n) is 1.53. The SMILES string of the molecule is C=CC(C)NC(=O)N[C@H](Cc1ccc(O)cc1)C(=O)O. The molecule has 1 unspecified atom stereocenters. The number of aliphatic carboxylic acids is 1. The van der Waals surface area contributed by atoms with Gasteiger partial charge in [0.15, 0.2) is 0 Å². The highest BCUT2D eigenvalue weighted by Gasteiger charge is 2.20. The van der Waals surface area contributed by atoms with E-state index in [9.17, 15) is 9.59 Å². The lowest BCUT2D eigenvalue weighted by atomic mass is 10.1. The average Bonchev–Trinajstić information content (AvgIpc) is 2.40. The van der Waals surface area contributed by atoms with Crippen molar-refractivity contribution in [2.75, 3.05) is 0 Å². The Kier molecular flexibility index (Phi) is 5.58. The molecule has 6 heteroatoms. The van der Waals surface area contributed by atoms with E-state index in [0.717, 1.165) is 0 Å². The van der Waals surface area contributed by atoms with E-state index in [1.54, 1.807) is 19.1 Å². The van der Waals surface area contributed by atoms with Crippen molar-refractivity contribution >= 4 is 12.0 Å². The lowest BCUT2D eigenvalue weighted by molar-refractivity contribution is -0.139. The number of urea groups is 1. The molecule has 0 aliphatic carbocycles. The van der Waals surface area contributed by atoms with Gasteiger partial charge in [-0.1, -0.05) is 18.2 Å². The van der Waals surface area contributed by atoms with E-state index in [4.69, 9.17) is 10.2 Å². The number of nitrogens with one attached hydrogen (secondary N) is 2. The average molecular weight is 278 g/mol. The molecule has 0 bridgehead atoms. The molecule has 0 saturated heterocycles. The van der Waals surface area contributed by atoms with Crippen LogP contribution in [0.15, 0.2) is 36.9 Å². The molecule has 6 nitrogen and oxygen atoms in total. The molecule has 0 fully saturated rings. The van der Waals surface area contributed by atoms with E-state index in [1.165, 1.54) is 18.2 Å². The summed E-state index contributed by atoms with van der Waals surface area (Å²) in [5.74, 6) is -1.02. The van der Waals surface area contributed by atoms with Gasteiger partial charge in [0.1, 0.15) is 11.8 Å². The molecule has 1 rings (SSSR count). The molecule has 0 radical (unpaired) electrons. The molecule has 0 spiro atoms. The third-order valence-electron chi connectivity index (χ3n) is 2.69. The van der Waals surface area contributed by atoms with Crippen LogP contribution in [-0.2, 0) is 11.2 Å². The van der Waals surface area contributed by atoms with Gasteiger partial charge >= 0.3 is 12.0 Å². The lowest BCUT2D eigenvalue weighted by Gasteiger charge is -2.17. The molecule has 2 atom stereocenters. The van der Waals surface area contributed by atoms with Crippen LogP contribution in [0.5, 0.6) is 5.75 Å². The van der Waals surface area contributed by atoms with Crippen molar-refractivity contribution in [1.29, 1.82) is 0 Å². The summed E-state index contributed by atoms with van der Waals surface area (Å²) in [6, 6.07) is 4.29. The number of phenols is 1. The molecule has 2 amide bonds. The molecule has 0 saturated carbocycles. The Bertz CT molecular complexity index is 484. The summed E-state index contributed by atoms with van der Waals surface area (Å²) in [6.45, 7) is 5.25. The Morgan fingerprint density at radius 1 is 1.30 bits per heavy atom. The van der Waals surface area contributed by atoms with Gasteiger partial charge in [0.05, 0.1) is 0 Å². The molecule has 0 aliphatic rings. The Hall–Kier alpha value is -2.50. The van der Waals surface area contributed by atoms with Crippen LogP contribution in [0.25, 0.3) is 0 Å². The van der Waals surface area contributed by atoms with E-state index >= 15 is 0 Å². The van der Waals surface area contributed by atoms with Gasteiger partial charge < -0.3 is 20.8 Å². The molecular weight excluding hydrogens is 260 g/mol. The topological polar surface area (TPSA) is 98.7 Å². The van der Waals surface area contributed by atoms with Gasteiger partial charge in [0.25, 0.3) is 0 Å². The van der Waals surface area contributed by atoms with Crippen LogP contribution >= 0.6 is 0 Å². The second-order valence-electron chi connectivity index (χ2n) is 4.40. The number of hydrogen-bond donors (Lipinski definition) is 4. The predicted molar refractivity (Wildman–Crippen MR) is 74.6 cm³/mol. The van der Waals surface area contributed by atoms with Gasteiger partial charge in [-0.05, 0) is 24.6 Å². The first-order valence-electron chi connectivity index (χ1n) is 6.12. The first-order chi connectivity index (χ1) is 9.42. The maximum Gasteiger partial charge on any atom is 0.326 e. The first kappa shape index (κ1) is 15.6. The predicted octanol–water partition coefficient (Wildman–Crippen LogP) is 1.26. The number of carbonyl (C=O) groups is 2. The molecule has 1 aromatic carbocycles. The van der Waals surface area contributed by atoms with Gasteiger partial charge in [-0.25, -0.2) is 9.59 Å². The monoisotopic (exact) mass is 278 g/mol. The summed E-state index contributed by atoms with van der Waals surface area (Å²) in [5.41, 5.74) is 0.701. The van der Waals surface area contributed by atoms with Crippen molar-refractivity contribution in [1.82, 2.24) is 10.6 Å². The van der Waals surface area contributed by atoms with Crippen LogP contribution in [0.2, 0.25) is 0 Å². The maximum absolute atomic E-state index is 11.6. The fourth-order valence-corrected chi connectivity index (χ4v) is 1.53. The van der Waals surface area contributed by atoms with E-state index in [2.05, 4.69) is 17.2 Å². The Morgan fingerprint density at radius 2 is 1.90 bits per heavy atom. The summed E-state index contributed by atoms with van der Waals surface area (Å²) >= 11 is 0. The smallest absolute Gasteiger partial charge is 0.326 e. The summed E-state index contributed by atoms with van der Waals surface area (Å²) < 4.78 is 0. The molecule has 1 aromatic rings. The highest BCUT2D eigenvalue weighted by Crippen LogP contribution is 2.11. The largest absolute Gasteiger partial charge is 0.508 e. The molecule has 0 heterocycles. The molecule has 20 heavy (non-hydrogen) atoms. The fraction of sp³-hybridized carbons (Fsp3) is 0.286. The molecule has 0 aromatic heterocycles. The van der Waals surface area contributed by atoms with E-state index in [1.807, 2.05) is 0 Å². The highest BCUT2D eigenvalue weighted by atomic mass is 16.4. The van der Waals surface area contributed by atoms with E-state index in [-0.39, 0.29) is 18.2 Å². The van der Waals surface area contributed by atoms with Crippen molar-refractivity contribution in [3.05, 3.63) is 42.5 Å². The van der Waals surface area contributed by atoms with Gasteiger partial charge in [0.2, 0.25) is 0 Å². The van der Waals surface area contributed by atoms with Crippen LogP contribution in [0.3, 0.4) is 0 Å². The number of carboxylic acid groups (broad SMARTS) is 1. The van der Waals surface area contributed by atoms with Crippen LogP contribution in [0.4, 0.5) is 4.79 Å². The van der Waals surface area contributed by atoms with Crippen LogP contribution in [0.1, 0.15) is 12.5 Å². The number of amides is 2.